The van der Waals surface area contributed by atoms with Crippen LogP contribution in [0.2, 0.25) is 0 Å². The van der Waals surface area contributed by atoms with Crippen molar-refractivity contribution in [1.29, 1.82) is 0 Å². The van der Waals surface area contributed by atoms with Crippen LogP contribution < -0.4 is 10.1 Å². The van der Waals surface area contributed by atoms with Crippen molar-refractivity contribution in [3.63, 3.8) is 0 Å². The Labute approximate surface area is 251 Å². The molecule has 4 aromatic rings. The Morgan fingerprint density at radius 1 is 0.976 bits per heavy atom. The summed E-state index contributed by atoms with van der Waals surface area (Å²) < 4.78 is 50.3. The normalized spacial score (nSPS) is 16.9. The molecule has 1 saturated heterocycles. The zero-order valence-corrected chi connectivity index (χ0v) is 24.5. The topological polar surface area (TPSA) is 50.3 Å². The highest BCUT2D eigenvalue weighted by atomic mass is 32.1. The van der Waals surface area contributed by atoms with Crippen molar-refractivity contribution in [3.8, 4) is 10.9 Å². The molecular formula is C30H27F3N4OS3. The van der Waals surface area contributed by atoms with Crippen LogP contribution in [0, 0.1) is 0 Å². The number of benzene rings is 3. The van der Waals surface area contributed by atoms with Gasteiger partial charge in [0.15, 0.2) is 5.82 Å². The molecule has 11 heteroatoms. The number of halogens is 3. The van der Waals surface area contributed by atoms with E-state index in [1.54, 1.807) is 12.1 Å². The van der Waals surface area contributed by atoms with Gasteiger partial charge >= 0.3 is 6.18 Å². The molecule has 1 fully saturated rings. The van der Waals surface area contributed by atoms with Gasteiger partial charge in [-0.2, -0.15) is 22.5 Å². The van der Waals surface area contributed by atoms with Crippen molar-refractivity contribution in [2.45, 2.75) is 47.7 Å². The van der Waals surface area contributed by atoms with E-state index in [0.29, 0.717) is 15.5 Å². The molecule has 5 nitrogen and oxygen atoms in total. The molecule has 41 heavy (non-hydrogen) atoms. The second kappa shape index (κ2) is 11.6. The Bertz CT molecular complexity index is 1600. The van der Waals surface area contributed by atoms with Crippen LogP contribution in [-0.2, 0) is 12.6 Å². The Balaban J connectivity index is 1.20. The summed E-state index contributed by atoms with van der Waals surface area (Å²) in [6.07, 6.45) is 1.41. The summed E-state index contributed by atoms with van der Waals surface area (Å²) in [6, 6.07) is 17.5. The van der Waals surface area contributed by atoms with Crippen molar-refractivity contribution < 1.29 is 17.9 Å². The molecule has 0 bridgehead atoms. The molecule has 6 rings (SSSR count). The minimum atomic E-state index is -4.45. The summed E-state index contributed by atoms with van der Waals surface area (Å²) in [5.74, 6) is 0.685. The van der Waals surface area contributed by atoms with E-state index < -0.39 is 11.7 Å². The third-order valence-corrected chi connectivity index (χ3v) is 8.67. The molecule has 1 aromatic heterocycles. The van der Waals surface area contributed by atoms with Crippen LogP contribution in [0.1, 0.15) is 53.4 Å². The Morgan fingerprint density at radius 2 is 1.73 bits per heavy atom. The highest BCUT2D eigenvalue weighted by Crippen LogP contribution is 2.42. The molecule has 0 saturated carbocycles. The number of piperidine rings is 1. The molecule has 1 aliphatic heterocycles. The van der Waals surface area contributed by atoms with E-state index in [1.165, 1.54) is 48.2 Å². The number of nitrogens with zero attached hydrogens (tertiary/aromatic N) is 3. The molecule has 1 N–H and O–H groups in total. The fourth-order valence-corrected chi connectivity index (χ4v) is 6.41. The van der Waals surface area contributed by atoms with E-state index >= 15 is 0 Å². The first kappa shape index (κ1) is 28.0. The maximum atomic E-state index is 13.4. The van der Waals surface area contributed by atoms with Gasteiger partial charge in [-0.3, -0.25) is 0 Å². The Hall–Kier alpha value is -3.15. The molecule has 1 aliphatic carbocycles. The third-order valence-electron chi connectivity index (χ3n) is 7.32. The number of nitrogens with one attached hydrogen (secondary N) is 1. The first-order chi connectivity index (χ1) is 19.8. The summed E-state index contributed by atoms with van der Waals surface area (Å²) in [7, 11) is 0. The number of alkyl halides is 3. The summed E-state index contributed by atoms with van der Waals surface area (Å²) in [6.45, 7) is 2.09. The molecule has 3 aromatic carbocycles. The maximum absolute atomic E-state index is 13.4. The van der Waals surface area contributed by atoms with Crippen molar-refractivity contribution in [3.05, 3.63) is 94.4 Å². The van der Waals surface area contributed by atoms with Crippen molar-refractivity contribution in [2.24, 2.45) is 0 Å². The average Bonchev–Trinajstić information content (AvgIpc) is 3.56. The summed E-state index contributed by atoms with van der Waals surface area (Å²) >= 11 is 10.4. The number of ether oxygens (including phenoxy) is 1. The van der Waals surface area contributed by atoms with Crippen LogP contribution in [0.3, 0.4) is 0 Å². The molecule has 0 spiro atoms. The van der Waals surface area contributed by atoms with Crippen molar-refractivity contribution in [2.75, 3.05) is 18.4 Å². The van der Waals surface area contributed by atoms with E-state index in [1.807, 2.05) is 6.07 Å². The van der Waals surface area contributed by atoms with Gasteiger partial charge in [0, 0.05) is 52.2 Å². The van der Waals surface area contributed by atoms with E-state index in [9.17, 15) is 13.2 Å². The van der Waals surface area contributed by atoms with Crippen LogP contribution >= 0.6 is 36.8 Å². The lowest BCUT2D eigenvalue weighted by atomic mass is 10.0. The molecule has 2 heterocycles. The lowest BCUT2D eigenvalue weighted by Crippen LogP contribution is -2.32. The standard InChI is InChI=1S/C30H27F3N4OS3/c31-30(32,33)21-11-5-3-9-19(21)15-27-35-29(41-36-27)38-24-17-25(39)22(16-26(24)40)34-28-20-10-4-2-8-18(20)14-23(28)37-12-6-1-7-13-37/h2-5,8-11,14,16-17,28,34,39-40H,1,6-7,12-13,15H2. The van der Waals surface area contributed by atoms with Crippen molar-refractivity contribution >= 4 is 48.6 Å². The second-order valence-corrected chi connectivity index (χ2v) is 11.7. The minimum Gasteiger partial charge on any atom is -0.429 e. The zero-order chi connectivity index (χ0) is 28.6. The van der Waals surface area contributed by atoms with Gasteiger partial charge in [-0.05, 0) is 60.2 Å². The van der Waals surface area contributed by atoms with Gasteiger partial charge < -0.3 is 15.0 Å². The Kier molecular flexibility index (Phi) is 7.93. The number of aromatic nitrogens is 2. The van der Waals surface area contributed by atoms with Crippen LogP contribution in [0.15, 0.2) is 76.2 Å². The highest BCUT2D eigenvalue weighted by Gasteiger charge is 2.33. The number of fused-ring (bicyclic) bond motifs is 1. The van der Waals surface area contributed by atoms with Gasteiger partial charge in [0.05, 0.1) is 11.6 Å². The monoisotopic (exact) mass is 612 g/mol. The number of hydrogen-bond donors (Lipinski definition) is 3. The number of rotatable bonds is 7. The van der Waals surface area contributed by atoms with Gasteiger partial charge in [-0.25, -0.2) is 0 Å². The number of hydrogen-bond acceptors (Lipinski definition) is 8. The van der Waals surface area contributed by atoms with Crippen LogP contribution in [0.5, 0.6) is 10.9 Å². The fourth-order valence-electron chi connectivity index (χ4n) is 5.36. The zero-order valence-electron chi connectivity index (χ0n) is 21.9. The molecule has 1 atom stereocenters. The molecule has 0 radical (unpaired) electrons. The quantitative estimate of drug-likeness (QED) is 0.183. The largest absolute Gasteiger partial charge is 0.429 e. The lowest BCUT2D eigenvalue weighted by Gasteiger charge is -2.34. The first-order valence-corrected chi connectivity index (χ1v) is 15.0. The minimum absolute atomic E-state index is 0.0139. The van der Waals surface area contributed by atoms with Gasteiger partial charge in [-0.1, -0.05) is 42.5 Å². The van der Waals surface area contributed by atoms with Gasteiger partial charge in [-0.15, -0.1) is 25.3 Å². The predicted molar refractivity (Wildman–Crippen MR) is 161 cm³/mol. The van der Waals surface area contributed by atoms with Crippen LogP contribution in [0.4, 0.5) is 18.9 Å². The smallest absolute Gasteiger partial charge is 0.416 e. The van der Waals surface area contributed by atoms with Gasteiger partial charge in [0.2, 0.25) is 0 Å². The molecular weight excluding hydrogens is 586 g/mol. The number of likely N-dealkylation sites (tertiary alicyclic amines) is 1. The summed E-state index contributed by atoms with van der Waals surface area (Å²) in [5, 5.41) is 3.90. The van der Waals surface area contributed by atoms with Gasteiger partial charge in [0.25, 0.3) is 5.19 Å². The first-order valence-electron chi connectivity index (χ1n) is 13.3. The molecule has 0 amide bonds. The second-order valence-electron chi connectivity index (χ2n) is 10.1. The molecule has 212 valence electrons. The predicted octanol–water partition coefficient (Wildman–Crippen LogP) is 8.51. The third kappa shape index (κ3) is 6.07. The number of thiol groups is 2. The average molecular weight is 613 g/mol. The van der Waals surface area contributed by atoms with E-state index in [2.05, 4.69) is 62.5 Å². The molecule has 1 unspecified atom stereocenters. The summed E-state index contributed by atoms with van der Waals surface area (Å²) in [4.78, 5) is 8.03. The lowest BCUT2D eigenvalue weighted by molar-refractivity contribution is -0.138. The fraction of sp³-hybridized carbons (Fsp3) is 0.267. The van der Waals surface area contributed by atoms with Crippen LogP contribution in [0.25, 0.3) is 6.08 Å². The van der Waals surface area contributed by atoms with Crippen molar-refractivity contribution in [1.82, 2.24) is 14.3 Å². The molecule has 2 aliphatic rings. The summed E-state index contributed by atoms with van der Waals surface area (Å²) in [5.41, 5.74) is 3.92. The van der Waals surface area contributed by atoms with E-state index in [4.69, 9.17) is 17.4 Å². The highest BCUT2D eigenvalue weighted by molar-refractivity contribution is 7.81. The SMILES string of the molecule is FC(F)(F)c1ccccc1Cc1nsc(Oc2cc(S)c(NC3C(N4CCCCC4)=Cc4ccccc43)cc2S)n1. The number of anilines is 1. The van der Waals surface area contributed by atoms with Gasteiger partial charge in [0.1, 0.15) is 5.75 Å². The van der Waals surface area contributed by atoms with E-state index in [-0.39, 0.29) is 29.0 Å². The maximum Gasteiger partial charge on any atom is 0.416 e. The Morgan fingerprint density at radius 3 is 2.54 bits per heavy atom. The van der Waals surface area contributed by atoms with E-state index in [0.717, 1.165) is 36.4 Å². The van der Waals surface area contributed by atoms with Crippen LogP contribution in [-0.4, -0.2) is 27.3 Å².